The largest absolute Gasteiger partial charge is 0.348 e. The molecule has 0 aromatic heterocycles. The molecule has 8 heteroatoms. The van der Waals surface area contributed by atoms with Gasteiger partial charge < -0.3 is 5.32 Å². The van der Waals surface area contributed by atoms with Crippen molar-refractivity contribution >= 4 is 27.5 Å². The van der Waals surface area contributed by atoms with Crippen molar-refractivity contribution < 1.29 is 13.2 Å². The zero-order valence-corrected chi connectivity index (χ0v) is 19.6. The van der Waals surface area contributed by atoms with Crippen molar-refractivity contribution in [2.75, 3.05) is 32.7 Å². The van der Waals surface area contributed by atoms with Crippen LogP contribution >= 0.6 is 11.6 Å². The van der Waals surface area contributed by atoms with Gasteiger partial charge in [0.1, 0.15) is 0 Å². The van der Waals surface area contributed by atoms with Crippen LogP contribution in [-0.2, 0) is 21.2 Å². The number of nitrogens with zero attached hydrogens (tertiary/aromatic N) is 2. The molecule has 1 heterocycles. The van der Waals surface area contributed by atoms with Crippen LogP contribution in [0.4, 0.5) is 0 Å². The minimum Gasteiger partial charge on any atom is -0.348 e. The number of benzene rings is 2. The highest BCUT2D eigenvalue weighted by molar-refractivity contribution is 7.89. The maximum absolute atomic E-state index is 12.9. The van der Waals surface area contributed by atoms with E-state index in [1.54, 1.807) is 24.3 Å². The summed E-state index contributed by atoms with van der Waals surface area (Å²) in [4.78, 5) is 14.8. The standard InChI is InChI=1S/C23H30ClN3O3S/c1-3-4-19-5-11-22(12-6-19)31(29,30)27-15-13-26(14-16-27)17-23(28)25-18(2)20-7-9-21(24)10-8-20/h5-12,18H,3-4,13-17H2,1-2H3,(H,25,28)/t18-/m1/s1. The van der Waals surface area contributed by atoms with Crippen LogP contribution in [0, 0.1) is 0 Å². The van der Waals surface area contributed by atoms with Gasteiger partial charge in [0.05, 0.1) is 17.5 Å². The van der Waals surface area contributed by atoms with Gasteiger partial charge in [-0.1, -0.05) is 49.2 Å². The van der Waals surface area contributed by atoms with Crippen molar-refractivity contribution in [2.24, 2.45) is 0 Å². The first kappa shape index (κ1) is 23.7. The van der Waals surface area contributed by atoms with Gasteiger partial charge in [0.15, 0.2) is 0 Å². The highest BCUT2D eigenvalue weighted by Gasteiger charge is 2.29. The summed E-state index contributed by atoms with van der Waals surface area (Å²) in [5.41, 5.74) is 2.13. The van der Waals surface area contributed by atoms with Crippen LogP contribution in [0.1, 0.15) is 37.4 Å². The molecule has 1 aliphatic rings. The highest BCUT2D eigenvalue weighted by Crippen LogP contribution is 2.19. The Morgan fingerprint density at radius 2 is 1.65 bits per heavy atom. The van der Waals surface area contributed by atoms with Crippen molar-refractivity contribution in [3.8, 4) is 0 Å². The summed E-state index contributed by atoms with van der Waals surface area (Å²) in [5.74, 6) is -0.0785. The van der Waals surface area contributed by atoms with E-state index in [4.69, 9.17) is 11.6 Å². The van der Waals surface area contributed by atoms with Gasteiger partial charge in [-0.25, -0.2) is 8.42 Å². The Morgan fingerprint density at radius 1 is 1.03 bits per heavy atom. The van der Waals surface area contributed by atoms with Crippen LogP contribution < -0.4 is 5.32 Å². The second-order valence-corrected chi connectivity index (χ2v) is 10.3. The van der Waals surface area contributed by atoms with E-state index >= 15 is 0 Å². The number of amides is 1. The molecule has 3 rings (SSSR count). The highest BCUT2D eigenvalue weighted by atomic mass is 35.5. The first-order valence-corrected chi connectivity index (χ1v) is 12.5. The Bertz CT molecular complexity index is 970. The molecule has 2 aromatic carbocycles. The van der Waals surface area contributed by atoms with E-state index in [1.165, 1.54) is 4.31 Å². The molecule has 0 aliphatic carbocycles. The predicted molar refractivity (Wildman–Crippen MR) is 124 cm³/mol. The zero-order valence-electron chi connectivity index (χ0n) is 18.1. The number of carbonyl (C=O) groups excluding carboxylic acids is 1. The Hall–Kier alpha value is -1.93. The average Bonchev–Trinajstić information content (AvgIpc) is 2.75. The number of sulfonamides is 1. The number of aryl methyl sites for hydroxylation is 1. The molecule has 31 heavy (non-hydrogen) atoms. The van der Waals surface area contributed by atoms with Gasteiger partial charge in [0.25, 0.3) is 0 Å². The fourth-order valence-electron chi connectivity index (χ4n) is 3.72. The molecule has 0 unspecified atom stereocenters. The van der Waals surface area contributed by atoms with Crippen LogP contribution in [0.15, 0.2) is 53.4 Å². The molecule has 1 saturated heterocycles. The third-order valence-corrected chi connectivity index (χ3v) is 7.71. The summed E-state index contributed by atoms with van der Waals surface area (Å²) in [6, 6.07) is 14.4. The maximum atomic E-state index is 12.9. The Labute approximate surface area is 190 Å². The lowest BCUT2D eigenvalue weighted by Crippen LogP contribution is -2.51. The molecule has 1 N–H and O–H groups in total. The number of rotatable bonds is 8. The topological polar surface area (TPSA) is 69.7 Å². The minimum absolute atomic E-state index is 0.0785. The molecule has 0 saturated carbocycles. The molecule has 1 aliphatic heterocycles. The molecule has 2 aromatic rings. The van der Waals surface area contributed by atoms with Crippen LogP contribution in [0.3, 0.4) is 0 Å². The molecule has 1 amide bonds. The molecule has 1 atom stereocenters. The number of hydrogen-bond acceptors (Lipinski definition) is 4. The summed E-state index contributed by atoms with van der Waals surface area (Å²) >= 11 is 5.91. The van der Waals surface area contributed by atoms with E-state index in [2.05, 4.69) is 12.2 Å². The Kier molecular flexibility index (Phi) is 8.11. The smallest absolute Gasteiger partial charge is 0.243 e. The van der Waals surface area contributed by atoms with Gasteiger partial charge in [-0.15, -0.1) is 0 Å². The molecule has 6 nitrogen and oxygen atoms in total. The van der Waals surface area contributed by atoms with Crippen LogP contribution in [0.2, 0.25) is 5.02 Å². The predicted octanol–water partition coefficient (Wildman–Crippen LogP) is 3.48. The van der Waals surface area contributed by atoms with Crippen molar-refractivity contribution in [1.29, 1.82) is 0 Å². The van der Waals surface area contributed by atoms with Gasteiger partial charge >= 0.3 is 0 Å². The molecule has 0 spiro atoms. The van der Waals surface area contributed by atoms with E-state index in [9.17, 15) is 13.2 Å². The molecule has 0 bridgehead atoms. The zero-order chi connectivity index (χ0) is 22.4. The molecule has 0 radical (unpaired) electrons. The maximum Gasteiger partial charge on any atom is 0.243 e. The molecular weight excluding hydrogens is 434 g/mol. The van der Waals surface area contributed by atoms with Gasteiger partial charge in [0.2, 0.25) is 15.9 Å². The van der Waals surface area contributed by atoms with E-state index in [-0.39, 0.29) is 18.5 Å². The van der Waals surface area contributed by atoms with Crippen molar-refractivity contribution in [1.82, 2.24) is 14.5 Å². The first-order chi connectivity index (χ1) is 14.8. The van der Waals surface area contributed by atoms with Crippen LogP contribution in [0.5, 0.6) is 0 Å². The fraction of sp³-hybridized carbons (Fsp3) is 0.435. The summed E-state index contributed by atoms with van der Waals surface area (Å²) in [6.07, 6.45) is 1.97. The monoisotopic (exact) mass is 463 g/mol. The van der Waals surface area contributed by atoms with Crippen LogP contribution in [0.25, 0.3) is 0 Å². The van der Waals surface area contributed by atoms with Crippen molar-refractivity contribution in [3.63, 3.8) is 0 Å². The quantitative estimate of drug-likeness (QED) is 0.650. The van der Waals surface area contributed by atoms with E-state index in [0.29, 0.717) is 36.1 Å². The number of hydrogen-bond donors (Lipinski definition) is 1. The van der Waals surface area contributed by atoms with Crippen molar-refractivity contribution in [3.05, 3.63) is 64.7 Å². The lowest BCUT2D eigenvalue weighted by molar-refractivity contribution is -0.123. The Morgan fingerprint density at radius 3 is 2.23 bits per heavy atom. The minimum atomic E-state index is -3.51. The number of piperazine rings is 1. The summed E-state index contributed by atoms with van der Waals surface area (Å²) < 4.78 is 27.4. The van der Waals surface area contributed by atoms with Crippen molar-refractivity contribution in [2.45, 2.75) is 37.6 Å². The van der Waals surface area contributed by atoms with E-state index in [0.717, 1.165) is 24.0 Å². The fourth-order valence-corrected chi connectivity index (χ4v) is 5.27. The van der Waals surface area contributed by atoms with Crippen LogP contribution in [-0.4, -0.2) is 56.3 Å². The van der Waals surface area contributed by atoms with E-state index < -0.39 is 10.0 Å². The number of halogens is 1. The molecule has 1 fully saturated rings. The summed E-state index contributed by atoms with van der Waals surface area (Å²) in [7, 11) is -3.51. The third kappa shape index (κ3) is 6.29. The number of nitrogens with one attached hydrogen (secondary N) is 1. The SMILES string of the molecule is CCCc1ccc(S(=O)(=O)N2CCN(CC(=O)N[C@H](C)c3ccc(Cl)cc3)CC2)cc1. The first-order valence-electron chi connectivity index (χ1n) is 10.7. The second-order valence-electron chi connectivity index (χ2n) is 7.91. The normalized spacial score (nSPS) is 16.7. The van der Waals surface area contributed by atoms with Gasteiger partial charge in [-0.2, -0.15) is 4.31 Å². The van der Waals surface area contributed by atoms with Gasteiger partial charge in [-0.05, 0) is 48.7 Å². The summed E-state index contributed by atoms with van der Waals surface area (Å²) in [6.45, 7) is 6.07. The summed E-state index contributed by atoms with van der Waals surface area (Å²) in [5, 5.41) is 3.65. The second kappa shape index (κ2) is 10.6. The lowest BCUT2D eigenvalue weighted by Gasteiger charge is -2.33. The molecular formula is C23H30ClN3O3S. The third-order valence-electron chi connectivity index (χ3n) is 5.55. The Balaban J connectivity index is 1.50. The van der Waals surface area contributed by atoms with E-state index in [1.807, 2.05) is 36.1 Å². The van der Waals surface area contributed by atoms with Gasteiger partial charge in [0, 0.05) is 31.2 Å². The molecule has 168 valence electrons. The van der Waals surface area contributed by atoms with Gasteiger partial charge in [-0.3, -0.25) is 9.69 Å². The lowest BCUT2D eigenvalue weighted by atomic mass is 10.1. The average molecular weight is 464 g/mol. The number of carbonyl (C=O) groups is 1.